The molecule has 0 aromatic heterocycles. The van der Waals surface area contributed by atoms with E-state index in [0.29, 0.717) is 0 Å². The van der Waals surface area contributed by atoms with Crippen molar-refractivity contribution in [2.75, 3.05) is 0 Å². The van der Waals surface area contributed by atoms with Gasteiger partial charge in [0.05, 0.1) is 6.04 Å². The van der Waals surface area contributed by atoms with Crippen molar-refractivity contribution >= 4 is 0 Å². The van der Waals surface area contributed by atoms with Gasteiger partial charge in [-0.15, -0.1) is 0 Å². The van der Waals surface area contributed by atoms with E-state index in [-0.39, 0.29) is 5.56 Å². The molecule has 1 atom stereocenters. The van der Waals surface area contributed by atoms with Gasteiger partial charge in [0, 0.05) is 4.91 Å². The van der Waals surface area contributed by atoms with Gasteiger partial charge < -0.3 is 0 Å². The highest BCUT2D eigenvalue weighted by molar-refractivity contribution is 5.22. The van der Waals surface area contributed by atoms with Crippen LogP contribution in [0.5, 0.6) is 0 Å². The lowest BCUT2D eigenvalue weighted by molar-refractivity contribution is 0.444. The van der Waals surface area contributed by atoms with Crippen molar-refractivity contribution in [1.82, 2.24) is 0 Å². The Kier molecular flexibility index (Phi) is 2.99. The van der Waals surface area contributed by atoms with E-state index >= 15 is 0 Å². The van der Waals surface area contributed by atoms with Crippen LogP contribution in [0, 0.1) is 17.5 Å². The monoisotopic (exact) mass is 201 g/mol. The van der Waals surface area contributed by atoms with E-state index in [1.165, 1.54) is 6.92 Å². The van der Waals surface area contributed by atoms with Crippen LogP contribution >= 0.6 is 0 Å². The van der Waals surface area contributed by atoms with Crippen molar-refractivity contribution in [3.05, 3.63) is 45.6 Å². The van der Waals surface area contributed by atoms with Crippen LogP contribution in [0.1, 0.15) is 18.5 Å². The molecule has 0 fully saturated rings. The lowest BCUT2D eigenvalue weighted by Crippen LogP contribution is -1.96. The van der Waals surface area contributed by atoms with Gasteiger partial charge in [0.2, 0.25) is 0 Å². The van der Waals surface area contributed by atoms with Crippen LogP contribution < -0.4 is 0 Å². The second kappa shape index (κ2) is 4.02. The Bertz CT molecular complexity index is 376. The van der Waals surface area contributed by atoms with Crippen LogP contribution in [0.15, 0.2) is 17.2 Å². The van der Waals surface area contributed by atoms with Gasteiger partial charge in [-0.2, -0.15) is 0 Å². The standard InChI is InChI=1S/C8H6F3N3/c1-4(13-14-12)5-2-6(9)8(11)7(10)3-5/h2-4H,1H3/t4-/m0/s1. The zero-order valence-corrected chi connectivity index (χ0v) is 7.21. The molecular formula is C8H6F3N3. The van der Waals surface area contributed by atoms with Crippen molar-refractivity contribution in [3.63, 3.8) is 0 Å². The van der Waals surface area contributed by atoms with Gasteiger partial charge >= 0.3 is 0 Å². The molecule has 0 spiro atoms. The van der Waals surface area contributed by atoms with Gasteiger partial charge in [-0.1, -0.05) is 12.0 Å². The molecule has 0 saturated heterocycles. The van der Waals surface area contributed by atoms with Crippen molar-refractivity contribution in [3.8, 4) is 0 Å². The van der Waals surface area contributed by atoms with E-state index < -0.39 is 23.5 Å². The number of azide groups is 1. The molecule has 0 amide bonds. The molecule has 0 aliphatic rings. The topological polar surface area (TPSA) is 48.8 Å². The molecule has 3 nitrogen and oxygen atoms in total. The average molecular weight is 201 g/mol. The van der Waals surface area contributed by atoms with E-state index in [2.05, 4.69) is 10.0 Å². The maximum absolute atomic E-state index is 12.7. The van der Waals surface area contributed by atoms with Crippen LogP contribution in [0.25, 0.3) is 10.4 Å². The van der Waals surface area contributed by atoms with Crippen molar-refractivity contribution in [2.45, 2.75) is 13.0 Å². The summed E-state index contributed by atoms with van der Waals surface area (Å²) in [6, 6.07) is 0.875. The fourth-order valence-electron chi connectivity index (χ4n) is 0.960. The third kappa shape index (κ3) is 1.97. The van der Waals surface area contributed by atoms with Gasteiger partial charge in [-0.05, 0) is 23.2 Å². The van der Waals surface area contributed by atoms with E-state index in [4.69, 9.17) is 5.53 Å². The number of hydrogen-bond donors (Lipinski definition) is 0. The maximum atomic E-state index is 12.7. The molecule has 0 radical (unpaired) electrons. The van der Waals surface area contributed by atoms with E-state index in [1.54, 1.807) is 0 Å². The predicted molar refractivity (Wildman–Crippen MR) is 43.9 cm³/mol. The van der Waals surface area contributed by atoms with Crippen LogP contribution in [-0.2, 0) is 0 Å². The Labute approximate surface area is 77.8 Å². The van der Waals surface area contributed by atoms with Crippen LogP contribution in [0.3, 0.4) is 0 Å². The highest BCUT2D eigenvalue weighted by Crippen LogP contribution is 2.21. The Morgan fingerprint density at radius 2 is 1.79 bits per heavy atom. The number of benzene rings is 1. The van der Waals surface area contributed by atoms with E-state index in [0.717, 1.165) is 12.1 Å². The van der Waals surface area contributed by atoms with Gasteiger partial charge in [-0.25, -0.2) is 13.2 Å². The summed E-state index contributed by atoms with van der Waals surface area (Å²) >= 11 is 0. The molecule has 0 unspecified atom stereocenters. The lowest BCUT2D eigenvalue weighted by atomic mass is 10.1. The first kappa shape index (κ1) is 10.4. The van der Waals surface area contributed by atoms with Crippen LogP contribution in [-0.4, -0.2) is 0 Å². The number of hydrogen-bond acceptors (Lipinski definition) is 1. The minimum atomic E-state index is -1.53. The molecule has 0 aliphatic heterocycles. The van der Waals surface area contributed by atoms with E-state index in [1.807, 2.05) is 0 Å². The lowest BCUT2D eigenvalue weighted by Gasteiger charge is -2.05. The third-order valence-electron chi connectivity index (χ3n) is 1.71. The first-order chi connectivity index (χ1) is 6.56. The molecule has 1 rings (SSSR count). The van der Waals surface area contributed by atoms with Crippen molar-refractivity contribution in [1.29, 1.82) is 0 Å². The molecule has 6 heteroatoms. The van der Waals surface area contributed by atoms with Gasteiger partial charge in [0.15, 0.2) is 17.5 Å². The molecule has 1 aromatic carbocycles. The van der Waals surface area contributed by atoms with Gasteiger partial charge in [-0.3, -0.25) is 0 Å². The molecule has 1 aromatic rings. The second-order valence-electron chi connectivity index (χ2n) is 2.68. The Morgan fingerprint density at radius 3 is 2.21 bits per heavy atom. The summed E-state index contributed by atoms with van der Waals surface area (Å²) in [6.07, 6.45) is 0. The second-order valence-corrected chi connectivity index (χ2v) is 2.68. The van der Waals surface area contributed by atoms with Gasteiger partial charge in [0.25, 0.3) is 0 Å². The maximum Gasteiger partial charge on any atom is 0.194 e. The molecule has 0 aliphatic carbocycles. The summed E-state index contributed by atoms with van der Waals surface area (Å²) in [7, 11) is 0. The fraction of sp³-hybridized carbons (Fsp3) is 0.250. The quantitative estimate of drug-likeness (QED) is 0.304. The van der Waals surface area contributed by atoms with Crippen molar-refractivity contribution in [2.24, 2.45) is 5.11 Å². The first-order valence-electron chi connectivity index (χ1n) is 3.75. The Balaban J connectivity index is 3.18. The molecule has 14 heavy (non-hydrogen) atoms. The number of rotatable bonds is 2. The summed E-state index contributed by atoms with van der Waals surface area (Å²) in [5.41, 5.74) is 8.18. The smallest absolute Gasteiger partial charge is 0.194 e. The molecule has 0 bridgehead atoms. The van der Waals surface area contributed by atoms with Crippen molar-refractivity contribution < 1.29 is 13.2 Å². The van der Waals surface area contributed by atoms with Crippen LogP contribution in [0.4, 0.5) is 13.2 Å². The van der Waals surface area contributed by atoms with Gasteiger partial charge in [0.1, 0.15) is 0 Å². The first-order valence-corrected chi connectivity index (χ1v) is 3.75. The molecule has 0 heterocycles. The fourth-order valence-corrected chi connectivity index (χ4v) is 0.960. The highest BCUT2D eigenvalue weighted by atomic mass is 19.2. The van der Waals surface area contributed by atoms with E-state index in [9.17, 15) is 13.2 Å². The zero-order chi connectivity index (χ0) is 10.7. The normalized spacial score (nSPS) is 12.0. The number of nitrogens with zero attached hydrogens (tertiary/aromatic N) is 3. The summed E-state index contributed by atoms with van der Waals surface area (Å²) < 4.78 is 37.9. The average Bonchev–Trinajstić information content (AvgIpc) is 2.13. The molecule has 0 N–H and O–H groups in total. The summed E-state index contributed by atoms with van der Waals surface area (Å²) in [5.74, 6) is -4.11. The number of halogens is 3. The third-order valence-corrected chi connectivity index (χ3v) is 1.71. The molecule has 74 valence electrons. The summed E-state index contributed by atoms with van der Waals surface area (Å²) in [5, 5.41) is 3.23. The highest BCUT2D eigenvalue weighted by Gasteiger charge is 2.13. The molecular weight excluding hydrogens is 195 g/mol. The zero-order valence-electron chi connectivity index (χ0n) is 7.21. The van der Waals surface area contributed by atoms with Crippen LogP contribution in [0.2, 0.25) is 0 Å². The summed E-state index contributed by atoms with van der Waals surface area (Å²) in [6.45, 7) is 1.45. The summed E-state index contributed by atoms with van der Waals surface area (Å²) in [4.78, 5) is 2.48. The SMILES string of the molecule is C[C@H](N=[N+]=[N-])c1cc(F)c(F)c(F)c1. The molecule has 0 saturated carbocycles. The Morgan fingerprint density at radius 1 is 1.29 bits per heavy atom. The minimum Gasteiger partial charge on any atom is -0.204 e. The minimum absolute atomic E-state index is 0.0965. The Hall–Kier alpha value is -1.68. The largest absolute Gasteiger partial charge is 0.204 e. The predicted octanol–water partition coefficient (Wildman–Crippen LogP) is 3.48.